The van der Waals surface area contributed by atoms with Gasteiger partial charge >= 0.3 is 0 Å². The van der Waals surface area contributed by atoms with E-state index in [4.69, 9.17) is 4.74 Å². The van der Waals surface area contributed by atoms with Crippen LogP contribution in [0.3, 0.4) is 0 Å². The first kappa shape index (κ1) is 22.6. The molecule has 0 radical (unpaired) electrons. The van der Waals surface area contributed by atoms with Crippen LogP contribution in [0.2, 0.25) is 0 Å². The molecule has 2 aliphatic rings. The Morgan fingerprint density at radius 1 is 1.28 bits per heavy atom. The summed E-state index contributed by atoms with van der Waals surface area (Å²) >= 11 is 0. The van der Waals surface area contributed by atoms with E-state index in [1.807, 2.05) is 60.5 Å². The van der Waals surface area contributed by atoms with E-state index in [-0.39, 0.29) is 35.1 Å². The number of benzene rings is 2. The van der Waals surface area contributed by atoms with Gasteiger partial charge in [0.15, 0.2) is 0 Å². The molecular formula is C27H34N2O3. The molecule has 1 amide bonds. The lowest BCUT2D eigenvalue weighted by atomic mass is 9.56. The van der Waals surface area contributed by atoms with Gasteiger partial charge in [-0.3, -0.25) is 9.69 Å². The molecular weight excluding hydrogens is 400 g/mol. The molecule has 3 unspecified atom stereocenters. The summed E-state index contributed by atoms with van der Waals surface area (Å²) in [7, 11) is 3.70. The maximum absolute atomic E-state index is 13.3. The Morgan fingerprint density at radius 3 is 2.75 bits per heavy atom. The Bertz CT molecular complexity index is 947. The number of methoxy groups -OCH3 is 1. The van der Waals surface area contributed by atoms with Gasteiger partial charge in [-0.05, 0) is 55.6 Å². The number of phenolic OH excluding ortho intramolecular Hbond substituents is 1. The quantitative estimate of drug-likeness (QED) is 0.696. The first-order valence-corrected chi connectivity index (χ1v) is 11.5. The molecule has 1 saturated carbocycles. The fourth-order valence-corrected chi connectivity index (χ4v) is 5.90. The molecule has 0 spiro atoms. The first-order chi connectivity index (χ1) is 15.5. The topological polar surface area (TPSA) is 53.0 Å². The van der Waals surface area contributed by atoms with Crippen molar-refractivity contribution in [3.63, 3.8) is 0 Å². The predicted molar refractivity (Wildman–Crippen MR) is 127 cm³/mol. The number of piperidine rings is 1. The van der Waals surface area contributed by atoms with Crippen LogP contribution in [-0.4, -0.2) is 66.8 Å². The number of ether oxygens (including phenoxy) is 1. The van der Waals surface area contributed by atoms with Crippen molar-refractivity contribution in [3.8, 4) is 5.75 Å². The third kappa shape index (κ3) is 4.19. The van der Waals surface area contributed by atoms with Crippen molar-refractivity contribution < 1.29 is 14.6 Å². The van der Waals surface area contributed by atoms with Gasteiger partial charge in [0.25, 0.3) is 5.91 Å². The molecule has 1 saturated heterocycles. The molecule has 32 heavy (non-hydrogen) atoms. The second-order valence-corrected chi connectivity index (χ2v) is 9.26. The number of fused-ring (bicyclic) bond motifs is 1. The van der Waals surface area contributed by atoms with Crippen LogP contribution < -0.4 is 0 Å². The van der Waals surface area contributed by atoms with Gasteiger partial charge in [0, 0.05) is 50.2 Å². The van der Waals surface area contributed by atoms with Crippen molar-refractivity contribution in [1.29, 1.82) is 0 Å². The molecule has 5 nitrogen and oxygen atoms in total. The lowest BCUT2D eigenvalue weighted by Crippen LogP contribution is -2.61. The van der Waals surface area contributed by atoms with Crippen LogP contribution >= 0.6 is 0 Å². The number of hydrogen-bond acceptors (Lipinski definition) is 4. The highest BCUT2D eigenvalue weighted by Crippen LogP contribution is 2.51. The summed E-state index contributed by atoms with van der Waals surface area (Å²) in [5, 5.41) is 10.3. The minimum Gasteiger partial charge on any atom is -0.508 e. The molecule has 2 aromatic rings. The zero-order valence-electron chi connectivity index (χ0n) is 19.1. The number of amides is 1. The lowest BCUT2D eigenvalue weighted by molar-refractivity contribution is -0.0772. The number of phenols is 1. The van der Waals surface area contributed by atoms with Crippen LogP contribution in [0.25, 0.3) is 0 Å². The molecule has 0 bridgehead atoms. The van der Waals surface area contributed by atoms with E-state index in [0.29, 0.717) is 5.56 Å². The van der Waals surface area contributed by atoms with E-state index in [1.54, 1.807) is 13.2 Å². The highest BCUT2D eigenvalue weighted by molar-refractivity contribution is 5.94. The summed E-state index contributed by atoms with van der Waals surface area (Å²) in [5.41, 5.74) is 1.69. The summed E-state index contributed by atoms with van der Waals surface area (Å²) in [6, 6.07) is 17.2. The first-order valence-electron chi connectivity index (χ1n) is 11.5. The minimum absolute atomic E-state index is 0.0229. The van der Waals surface area contributed by atoms with E-state index in [2.05, 4.69) is 17.5 Å². The number of carbonyl (C=O) groups is 1. The average Bonchev–Trinajstić information content (AvgIpc) is 2.83. The Labute approximate surface area is 191 Å². The highest BCUT2D eigenvalue weighted by Gasteiger charge is 2.53. The third-order valence-corrected chi connectivity index (χ3v) is 7.59. The van der Waals surface area contributed by atoms with Gasteiger partial charge in [-0.2, -0.15) is 0 Å². The minimum atomic E-state index is -0.161. The van der Waals surface area contributed by atoms with Crippen LogP contribution in [0.15, 0.2) is 67.3 Å². The van der Waals surface area contributed by atoms with Crippen molar-refractivity contribution in [3.05, 3.63) is 78.4 Å². The fraction of sp³-hybridized carbons (Fsp3) is 0.444. The normalized spacial score (nSPS) is 28.0. The summed E-state index contributed by atoms with van der Waals surface area (Å²) in [4.78, 5) is 17.6. The van der Waals surface area contributed by atoms with Crippen molar-refractivity contribution >= 4 is 5.91 Å². The Morgan fingerprint density at radius 2 is 2.06 bits per heavy atom. The summed E-state index contributed by atoms with van der Waals surface area (Å²) in [6.07, 6.45) is 4.60. The van der Waals surface area contributed by atoms with Gasteiger partial charge in [0.2, 0.25) is 0 Å². The number of aromatic hydroxyl groups is 1. The molecule has 4 rings (SSSR count). The Balaban J connectivity index is 1.70. The summed E-state index contributed by atoms with van der Waals surface area (Å²) < 4.78 is 6.08. The standard InChI is InChI=1S/C27H34N2O3/c1-4-14-29-15-13-27(21-11-8-12-23(30)16-21)18-22(17-25(32-3)24(27)19-29)28(2)26(31)20-9-6-5-7-10-20/h4-12,16,22,24-25,30H,1,13-15,17-19H2,2-3H3/t22-,24?,25?,27?/m0/s1. The number of carbonyl (C=O) groups excluding carboxylic acids is 1. The van der Waals surface area contributed by atoms with E-state index in [1.165, 1.54) is 0 Å². The molecule has 0 aromatic heterocycles. The predicted octanol–water partition coefficient (Wildman–Crippen LogP) is 4.09. The van der Waals surface area contributed by atoms with Crippen molar-refractivity contribution in [2.75, 3.05) is 33.8 Å². The second-order valence-electron chi connectivity index (χ2n) is 9.26. The zero-order chi connectivity index (χ0) is 22.7. The van der Waals surface area contributed by atoms with Gasteiger partial charge < -0.3 is 14.7 Å². The van der Waals surface area contributed by atoms with Crippen LogP contribution in [0.1, 0.15) is 35.2 Å². The monoisotopic (exact) mass is 434 g/mol. The van der Waals surface area contributed by atoms with Gasteiger partial charge in [-0.15, -0.1) is 6.58 Å². The van der Waals surface area contributed by atoms with Gasteiger partial charge in [0.1, 0.15) is 5.75 Å². The molecule has 4 atom stereocenters. The van der Waals surface area contributed by atoms with Crippen LogP contribution in [0.4, 0.5) is 0 Å². The smallest absolute Gasteiger partial charge is 0.253 e. The van der Waals surface area contributed by atoms with E-state index < -0.39 is 0 Å². The Hall–Kier alpha value is -2.63. The average molecular weight is 435 g/mol. The lowest BCUT2D eigenvalue weighted by Gasteiger charge is -2.56. The molecule has 5 heteroatoms. The second kappa shape index (κ2) is 9.47. The number of nitrogens with zero attached hydrogens (tertiary/aromatic N) is 2. The van der Waals surface area contributed by atoms with E-state index >= 15 is 0 Å². The molecule has 1 N–H and O–H groups in total. The molecule has 2 aromatic carbocycles. The van der Waals surface area contributed by atoms with Gasteiger partial charge in [0.05, 0.1) is 6.10 Å². The molecule has 2 fully saturated rings. The number of likely N-dealkylation sites (tertiary alicyclic amines) is 1. The van der Waals surface area contributed by atoms with E-state index in [9.17, 15) is 9.90 Å². The molecule has 1 heterocycles. The largest absolute Gasteiger partial charge is 0.508 e. The molecule has 1 aliphatic heterocycles. The van der Waals surface area contributed by atoms with Crippen molar-refractivity contribution in [2.24, 2.45) is 5.92 Å². The fourth-order valence-electron chi connectivity index (χ4n) is 5.90. The molecule has 170 valence electrons. The zero-order valence-corrected chi connectivity index (χ0v) is 19.1. The number of rotatable bonds is 6. The third-order valence-electron chi connectivity index (χ3n) is 7.59. The number of hydrogen-bond donors (Lipinski definition) is 1. The Kier molecular flexibility index (Phi) is 6.68. The highest BCUT2D eigenvalue weighted by atomic mass is 16.5. The van der Waals surface area contributed by atoms with Crippen LogP contribution in [0, 0.1) is 5.92 Å². The maximum atomic E-state index is 13.3. The van der Waals surface area contributed by atoms with Gasteiger partial charge in [-0.1, -0.05) is 36.4 Å². The van der Waals surface area contributed by atoms with E-state index in [0.717, 1.165) is 44.5 Å². The van der Waals surface area contributed by atoms with Crippen LogP contribution in [0.5, 0.6) is 5.75 Å². The summed E-state index contributed by atoms with van der Waals surface area (Å²) in [6.45, 7) is 6.65. The van der Waals surface area contributed by atoms with Crippen molar-refractivity contribution in [2.45, 2.75) is 36.8 Å². The molecule has 1 aliphatic carbocycles. The van der Waals surface area contributed by atoms with Gasteiger partial charge in [-0.25, -0.2) is 0 Å². The SMILES string of the molecule is C=CCN1CCC2(c3cccc(O)c3)C[C@@H](N(C)C(=O)c3ccccc3)CC(OC)C2C1. The summed E-state index contributed by atoms with van der Waals surface area (Å²) in [5.74, 6) is 0.604. The maximum Gasteiger partial charge on any atom is 0.253 e. The van der Waals surface area contributed by atoms with Crippen LogP contribution in [-0.2, 0) is 10.2 Å². The van der Waals surface area contributed by atoms with Crippen molar-refractivity contribution in [1.82, 2.24) is 9.80 Å².